The summed E-state index contributed by atoms with van der Waals surface area (Å²) in [4.78, 5) is 8.59. The van der Waals surface area contributed by atoms with Crippen molar-refractivity contribution in [1.82, 2.24) is 9.97 Å². The lowest BCUT2D eigenvalue weighted by Gasteiger charge is -2.08. The number of aromatic nitrogens is 2. The maximum Gasteiger partial charge on any atom is 0.134 e. The van der Waals surface area contributed by atoms with Crippen LogP contribution in [0.4, 0.5) is 5.82 Å². The number of hydrogen-bond acceptors (Lipinski definition) is 3. The summed E-state index contributed by atoms with van der Waals surface area (Å²) in [6, 6.07) is 1.78. The van der Waals surface area contributed by atoms with Gasteiger partial charge >= 0.3 is 0 Å². The lowest BCUT2D eigenvalue weighted by Crippen LogP contribution is -2.08. The Bertz CT molecular complexity index is 326. The highest BCUT2D eigenvalue weighted by Gasteiger charge is 2.02. The van der Waals surface area contributed by atoms with Crippen molar-refractivity contribution in [2.75, 3.05) is 11.9 Å². The zero-order chi connectivity index (χ0) is 12.0. The molecule has 1 N–H and O–H groups in total. The van der Waals surface area contributed by atoms with Gasteiger partial charge in [-0.2, -0.15) is 0 Å². The molecule has 0 aliphatic rings. The predicted octanol–water partition coefficient (Wildman–Crippen LogP) is 3.54. The van der Waals surface area contributed by atoms with Crippen LogP contribution in [0.15, 0.2) is 6.07 Å². The molecule has 0 fully saturated rings. The molecule has 0 spiro atoms. The van der Waals surface area contributed by atoms with Crippen molar-refractivity contribution in [2.45, 2.75) is 40.0 Å². The van der Waals surface area contributed by atoms with Gasteiger partial charge in [-0.3, -0.25) is 0 Å². The second-order valence-corrected chi connectivity index (χ2v) is 4.74. The van der Waals surface area contributed by atoms with Crippen LogP contribution >= 0.6 is 11.6 Å². The Balaban J connectivity index is 2.58. The van der Waals surface area contributed by atoms with Crippen molar-refractivity contribution in [3.63, 3.8) is 0 Å². The Kier molecular flexibility index (Phi) is 5.53. The maximum atomic E-state index is 5.94. The summed E-state index contributed by atoms with van der Waals surface area (Å²) in [5.41, 5.74) is 0. The fourth-order valence-electron chi connectivity index (χ4n) is 1.38. The van der Waals surface area contributed by atoms with Gasteiger partial charge in [-0.05, 0) is 18.8 Å². The summed E-state index contributed by atoms with van der Waals surface area (Å²) < 4.78 is 0. The number of halogens is 1. The normalized spacial score (nSPS) is 10.8. The molecule has 0 saturated carbocycles. The average Bonchev–Trinajstić information content (AvgIpc) is 2.16. The van der Waals surface area contributed by atoms with E-state index in [0.29, 0.717) is 11.1 Å². The van der Waals surface area contributed by atoms with Gasteiger partial charge in [0.25, 0.3) is 0 Å². The molecule has 0 aliphatic carbocycles. The molecule has 0 amide bonds. The second-order valence-electron chi connectivity index (χ2n) is 4.35. The lowest BCUT2D eigenvalue weighted by atomic mass is 10.1. The summed E-state index contributed by atoms with van der Waals surface area (Å²) >= 11 is 5.94. The van der Waals surface area contributed by atoms with Gasteiger partial charge in [0.15, 0.2) is 0 Å². The van der Waals surface area contributed by atoms with Gasteiger partial charge < -0.3 is 5.32 Å². The molecule has 0 aromatic carbocycles. The third kappa shape index (κ3) is 4.79. The quantitative estimate of drug-likeness (QED) is 0.775. The monoisotopic (exact) mass is 241 g/mol. The van der Waals surface area contributed by atoms with Crippen LogP contribution in [0.1, 0.15) is 39.4 Å². The van der Waals surface area contributed by atoms with Crippen LogP contribution in [-0.4, -0.2) is 16.5 Å². The molecule has 3 nitrogen and oxygen atoms in total. The van der Waals surface area contributed by atoms with Gasteiger partial charge in [0.05, 0.1) is 0 Å². The van der Waals surface area contributed by atoms with E-state index in [0.717, 1.165) is 37.4 Å². The third-order valence-corrected chi connectivity index (χ3v) is 2.44. The van der Waals surface area contributed by atoms with Crippen LogP contribution in [-0.2, 0) is 6.42 Å². The molecule has 0 unspecified atom stereocenters. The third-order valence-electron chi connectivity index (χ3n) is 2.24. The number of hydrogen-bond donors (Lipinski definition) is 1. The summed E-state index contributed by atoms with van der Waals surface area (Å²) in [5, 5.41) is 3.80. The Morgan fingerprint density at radius 1 is 1.38 bits per heavy atom. The number of nitrogens with one attached hydrogen (secondary N) is 1. The minimum Gasteiger partial charge on any atom is -0.370 e. The van der Waals surface area contributed by atoms with Crippen molar-refractivity contribution in [2.24, 2.45) is 5.92 Å². The Morgan fingerprint density at radius 3 is 2.75 bits per heavy atom. The van der Waals surface area contributed by atoms with E-state index >= 15 is 0 Å². The number of nitrogens with zero attached hydrogens (tertiary/aromatic N) is 2. The molecule has 0 atom stereocenters. The maximum absolute atomic E-state index is 5.94. The molecule has 1 heterocycles. The number of rotatable bonds is 6. The van der Waals surface area contributed by atoms with Crippen molar-refractivity contribution < 1.29 is 0 Å². The Hall–Kier alpha value is -0.830. The largest absolute Gasteiger partial charge is 0.370 e. The van der Waals surface area contributed by atoms with Crippen LogP contribution < -0.4 is 5.32 Å². The van der Waals surface area contributed by atoms with Crippen LogP contribution in [0.2, 0.25) is 5.15 Å². The second kappa shape index (κ2) is 6.69. The van der Waals surface area contributed by atoms with Gasteiger partial charge in [-0.1, -0.05) is 32.4 Å². The summed E-state index contributed by atoms with van der Waals surface area (Å²) in [5.74, 6) is 2.35. The van der Waals surface area contributed by atoms with Crippen LogP contribution in [0.3, 0.4) is 0 Å². The number of anilines is 1. The van der Waals surface area contributed by atoms with Gasteiger partial charge in [0.1, 0.15) is 16.8 Å². The first-order valence-corrected chi connectivity index (χ1v) is 6.27. The molecule has 0 bridgehead atoms. The number of aryl methyl sites for hydroxylation is 1. The molecule has 1 aromatic rings. The molecular formula is C12H20ClN3. The minimum atomic E-state index is 0.519. The SMILES string of the molecule is CCCc1nc(Cl)cc(NCCC(C)C)n1. The zero-order valence-corrected chi connectivity index (χ0v) is 11.0. The highest BCUT2D eigenvalue weighted by Crippen LogP contribution is 2.13. The fraction of sp³-hybridized carbons (Fsp3) is 0.667. The minimum absolute atomic E-state index is 0.519. The van der Waals surface area contributed by atoms with E-state index in [4.69, 9.17) is 11.6 Å². The van der Waals surface area contributed by atoms with E-state index in [2.05, 4.69) is 36.1 Å². The van der Waals surface area contributed by atoms with Crippen LogP contribution in [0.25, 0.3) is 0 Å². The smallest absolute Gasteiger partial charge is 0.134 e. The summed E-state index contributed by atoms with van der Waals surface area (Å²) in [6.07, 6.45) is 3.04. The van der Waals surface area contributed by atoms with Crippen molar-refractivity contribution in [3.05, 3.63) is 17.0 Å². The van der Waals surface area contributed by atoms with Crippen molar-refractivity contribution in [3.8, 4) is 0 Å². The van der Waals surface area contributed by atoms with E-state index in [1.54, 1.807) is 6.07 Å². The summed E-state index contributed by atoms with van der Waals surface area (Å²) in [7, 11) is 0. The predicted molar refractivity (Wildman–Crippen MR) is 69.0 cm³/mol. The van der Waals surface area contributed by atoms with E-state index in [1.807, 2.05) is 0 Å². The van der Waals surface area contributed by atoms with Crippen molar-refractivity contribution >= 4 is 17.4 Å². The molecule has 4 heteroatoms. The molecule has 16 heavy (non-hydrogen) atoms. The van der Waals surface area contributed by atoms with Gasteiger partial charge in [0, 0.05) is 19.0 Å². The molecule has 90 valence electrons. The molecule has 0 aliphatic heterocycles. The van der Waals surface area contributed by atoms with Gasteiger partial charge in [-0.25, -0.2) is 9.97 Å². The van der Waals surface area contributed by atoms with Crippen LogP contribution in [0.5, 0.6) is 0 Å². The van der Waals surface area contributed by atoms with Gasteiger partial charge in [-0.15, -0.1) is 0 Å². The standard InChI is InChI=1S/C12H20ClN3/c1-4-5-11-15-10(13)8-12(16-11)14-7-6-9(2)3/h8-9H,4-7H2,1-3H3,(H,14,15,16). The first-order valence-electron chi connectivity index (χ1n) is 5.89. The lowest BCUT2D eigenvalue weighted by molar-refractivity contribution is 0.606. The molecule has 0 radical (unpaired) electrons. The molecule has 0 saturated heterocycles. The van der Waals surface area contributed by atoms with Crippen molar-refractivity contribution in [1.29, 1.82) is 0 Å². The van der Waals surface area contributed by atoms with E-state index in [-0.39, 0.29) is 0 Å². The van der Waals surface area contributed by atoms with Gasteiger partial charge in [0.2, 0.25) is 0 Å². The summed E-state index contributed by atoms with van der Waals surface area (Å²) in [6.45, 7) is 7.45. The fourth-order valence-corrected chi connectivity index (χ4v) is 1.58. The zero-order valence-electron chi connectivity index (χ0n) is 10.3. The van der Waals surface area contributed by atoms with E-state index in [1.165, 1.54) is 0 Å². The Labute approximate surface area is 103 Å². The highest BCUT2D eigenvalue weighted by atomic mass is 35.5. The average molecular weight is 242 g/mol. The van der Waals surface area contributed by atoms with E-state index < -0.39 is 0 Å². The first kappa shape index (κ1) is 13.2. The molecule has 1 aromatic heterocycles. The topological polar surface area (TPSA) is 37.8 Å². The highest BCUT2D eigenvalue weighted by molar-refractivity contribution is 6.29. The Morgan fingerprint density at radius 2 is 2.12 bits per heavy atom. The molecule has 1 rings (SSSR count). The van der Waals surface area contributed by atoms with Crippen LogP contribution in [0, 0.1) is 5.92 Å². The molecular weight excluding hydrogens is 222 g/mol. The van der Waals surface area contributed by atoms with E-state index in [9.17, 15) is 0 Å². The first-order chi connectivity index (χ1) is 7.61.